The zero-order chi connectivity index (χ0) is 33.9. The normalized spacial score (nSPS) is 10.8. The molecular weight excluding hydrogens is 880 g/mol. The molecule has 17 heteroatoms. The third-order valence-electron chi connectivity index (χ3n) is 5.12. The van der Waals surface area contributed by atoms with Gasteiger partial charge in [0.2, 0.25) is 9.84 Å². The molecule has 12 nitrogen and oxygen atoms in total. The monoisotopic (exact) mass is 906 g/mol. The van der Waals surface area contributed by atoms with Gasteiger partial charge in [-0.25, -0.2) is 18.0 Å². The second-order valence-electron chi connectivity index (χ2n) is 8.03. The van der Waals surface area contributed by atoms with Crippen molar-refractivity contribution in [2.75, 3.05) is 39.6 Å². The second-order valence-corrected chi connectivity index (χ2v) is 13.0. The van der Waals surface area contributed by atoms with Crippen molar-refractivity contribution in [1.29, 1.82) is 0 Å². The molecule has 0 heterocycles. The number of carbonyl (C=O) groups excluding carboxylic acids is 2. The van der Waals surface area contributed by atoms with Crippen LogP contribution in [0, 0.1) is 0 Å². The smallest absolute Gasteiger partial charge is 0.491 e. The van der Waals surface area contributed by atoms with E-state index < -0.39 is 31.9 Å². The van der Waals surface area contributed by atoms with Crippen LogP contribution in [-0.4, -0.2) is 60.4 Å². The van der Waals surface area contributed by atoms with Gasteiger partial charge in [-0.1, -0.05) is 25.3 Å². The van der Waals surface area contributed by atoms with Gasteiger partial charge in [-0.05, 0) is 91.4 Å². The summed E-state index contributed by atoms with van der Waals surface area (Å²) in [6.07, 6.45) is 0.510. The van der Waals surface area contributed by atoms with Gasteiger partial charge in [0.15, 0.2) is 44.3 Å². The first-order valence-electron chi connectivity index (χ1n) is 13.1. The zero-order valence-corrected chi connectivity index (χ0v) is 31.8. The van der Waals surface area contributed by atoms with Gasteiger partial charge in [-0.2, -0.15) is 0 Å². The van der Waals surface area contributed by atoms with Crippen molar-refractivity contribution in [2.45, 2.75) is 37.5 Å². The minimum absolute atomic E-state index is 0.00170. The SMILES string of the molecule is C=CCOC(=O)Oc1c(Br)c(OCC)c(S(=O)(=O)c2c(OCC)c(Br)c(OC(=O)OCC=C)c(Br)c2OCC)c(OCC)c1Br. The van der Waals surface area contributed by atoms with Crippen molar-refractivity contribution in [1.82, 2.24) is 0 Å². The first-order chi connectivity index (χ1) is 21.4. The molecule has 2 rings (SSSR count). The van der Waals surface area contributed by atoms with Crippen molar-refractivity contribution in [3.63, 3.8) is 0 Å². The zero-order valence-electron chi connectivity index (χ0n) is 24.6. The molecule has 0 saturated heterocycles. The van der Waals surface area contributed by atoms with Crippen LogP contribution in [0.25, 0.3) is 0 Å². The Hall–Kier alpha value is -2.47. The molecule has 0 unspecified atom stereocenters. The highest BCUT2D eigenvalue weighted by Crippen LogP contribution is 2.58. The lowest BCUT2D eigenvalue weighted by Crippen LogP contribution is -2.17. The molecule has 0 aliphatic carbocycles. The summed E-state index contributed by atoms with van der Waals surface area (Å²) in [7, 11) is -4.75. The van der Waals surface area contributed by atoms with Gasteiger partial charge >= 0.3 is 12.3 Å². The van der Waals surface area contributed by atoms with Crippen LogP contribution in [0.1, 0.15) is 27.7 Å². The fourth-order valence-electron chi connectivity index (χ4n) is 3.55. The second kappa shape index (κ2) is 18.0. The van der Waals surface area contributed by atoms with Crippen molar-refractivity contribution in [3.8, 4) is 34.5 Å². The van der Waals surface area contributed by atoms with Crippen molar-refractivity contribution >= 4 is 85.9 Å². The molecule has 0 aliphatic rings. The summed E-state index contributed by atoms with van der Waals surface area (Å²) in [5.41, 5.74) is 0. The minimum atomic E-state index is -4.75. The number of hydrogen-bond acceptors (Lipinski definition) is 12. The van der Waals surface area contributed by atoms with Crippen LogP contribution in [0.3, 0.4) is 0 Å². The number of benzene rings is 2. The predicted octanol–water partition coefficient (Wildman–Crippen LogP) is 8.57. The Morgan fingerprint density at radius 1 is 0.578 bits per heavy atom. The fraction of sp³-hybridized carbons (Fsp3) is 0.357. The van der Waals surface area contributed by atoms with E-state index in [1.165, 1.54) is 12.2 Å². The lowest BCUT2D eigenvalue weighted by molar-refractivity contribution is 0.107. The molecule has 0 amide bonds. The standard InChI is InChI=1S/C28H30Br4O12S/c1-7-13-41-27(33)43-19-15(29)21(37-9-3)25(22(16(19)30)38-10-4)45(35,36)26-23(39-11-5)17(31)20(18(32)24(26)40-12-6)44-28(34)42-14-8-2/h7-8H,1-2,9-14H2,3-6H3. The Bertz CT molecular complexity index is 1370. The van der Waals surface area contributed by atoms with E-state index in [4.69, 9.17) is 37.9 Å². The highest BCUT2D eigenvalue weighted by molar-refractivity contribution is 9.11. The van der Waals surface area contributed by atoms with Crippen molar-refractivity contribution < 1.29 is 55.9 Å². The number of carbonyl (C=O) groups is 2. The average Bonchev–Trinajstić information content (AvgIpc) is 3.00. The molecule has 0 radical (unpaired) electrons. The first-order valence-corrected chi connectivity index (χ1v) is 17.8. The van der Waals surface area contributed by atoms with Crippen LogP contribution in [0.4, 0.5) is 9.59 Å². The Morgan fingerprint density at radius 2 is 0.844 bits per heavy atom. The Labute approximate surface area is 294 Å². The van der Waals surface area contributed by atoms with E-state index in [9.17, 15) is 18.0 Å². The van der Waals surface area contributed by atoms with Crippen LogP contribution < -0.4 is 28.4 Å². The van der Waals surface area contributed by atoms with Crippen LogP contribution in [-0.2, 0) is 19.3 Å². The van der Waals surface area contributed by atoms with Gasteiger partial charge in [-0.3, -0.25) is 0 Å². The molecule has 2 aromatic carbocycles. The number of sulfone groups is 1. The van der Waals surface area contributed by atoms with Gasteiger partial charge in [-0.15, -0.1) is 0 Å². The van der Waals surface area contributed by atoms with Crippen LogP contribution >= 0.6 is 63.7 Å². The van der Waals surface area contributed by atoms with E-state index in [0.717, 1.165) is 0 Å². The van der Waals surface area contributed by atoms with Gasteiger partial charge in [0.1, 0.15) is 31.1 Å². The molecule has 0 saturated carbocycles. The Morgan fingerprint density at radius 3 is 1.07 bits per heavy atom. The van der Waals surface area contributed by atoms with Gasteiger partial charge in [0, 0.05) is 0 Å². The number of ether oxygens (including phenoxy) is 8. The van der Waals surface area contributed by atoms with E-state index in [1.807, 2.05) is 0 Å². The Kier molecular flexibility index (Phi) is 15.5. The maximum atomic E-state index is 14.9. The topological polar surface area (TPSA) is 142 Å². The summed E-state index contributed by atoms with van der Waals surface area (Å²) in [5.74, 6) is -1.34. The molecule has 0 bridgehead atoms. The summed E-state index contributed by atoms with van der Waals surface area (Å²) in [5, 5.41) is 0. The van der Waals surface area contributed by atoms with Gasteiger partial charge in [0.25, 0.3) is 0 Å². The molecule has 0 aromatic heterocycles. The fourth-order valence-corrected chi connectivity index (χ4v) is 8.80. The third kappa shape index (κ3) is 8.87. The predicted molar refractivity (Wildman–Crippen MR) is 178 cm³/mol. The Balaban J connectivity index is 3.08. The highest BCUT2D eigenvalue weighted by Gasteiger charge is 2.41. The van der Waals surface area contributed by atoms with Gasteiger partial charge < -0.3 is 37.9 Å². The molecule has 0 N–H and O–H groups in total. The third-order valence-corrected chi connectivity index (χ3v) is 9.82. The van der Waals surface area contributed by atoms with E-state index in [2.05, 4.69) is 76.9 Å². The van der Waals surface area contributed by atoms with Crippen LogP contribution in [0.2, 0.25) is 0 Å². The quantitative estimate of drug-likeness (QED) is 0.0905. The summed E-state index contributed by atoms with van der Waals surface area (Å²) in [6.45, 7) is 13.2. The minimum Gasteiger partial charge on any atom is -0.491 e. The number of rotatable bonds is 16. The molecule has 0 fully saturated rings. The molecule has 248 valence electrons. The van der Waals surface area contributed by atoms with E-state index in [1.54, 1.807) is 27.7 Å². The average molecular weight is 910 g/mol. The largest absolute Gasteiger partial charge is 0.514 e. The molecule has 0 atom stereocenters. The molecule has 0 aliphatic heterocycles. The van der Waals surface area contributed by atoms with E-state index >= 15 is 0 Å². The summed E-state index contributed by atoms with van der Waals surface area (Å²) in [6, 6.07) is 0. The van der Waals surface area contributed by atoms with Crippen molar-refractivity contribution in [2.24, 2.45) is 0 Å². The molecule has 2 aromatic rings. The van der Waals surface area contributed by atoms with Crippen LogP contribution in [0.15, 0.2) is 53.0 Å². The maximum Gasteiger partial charge on any atom is 0.514 e. The van der Waals surface area contributed by atoms with Gasteiger partial charge in [0.05, 0.1) is 26.4 Å². The number of hydrogen-bond donors (Lipinski definition) is 0. The molecule has 0 spiro atoms. The molecule has 45 heavy (non-hydrogen) atoms. The maximum absolute atomic E-state index is 14.9. The lowest BCUT2D eigenvalue weighted by atomic mass is 10.3. The first kappa shape index (κ1) is 38.7. The molecular formula is C28H30Br4O12S. The summed E-state index contributed by atoms with van der Waals surface area (Å²) >= 11 is 13.3. The summed E-state index contributed by atoms with van der Waals surface area (Å²) in [4.78, 5) is 23.8. The van der Waals surface area contributed by atoms with E-state index in [-0.39, 0.29) is 92.0 Å². The summed E-state index contributed by atoms with van der Waals surface area (Å²) < 4.78 is 73.5. The highest BCUT2D eigenvalue weighted by atomic mass is 79.9. The van der Waals surface area contributed by atoms with E-state index in [0.29, 0.717) is 0 Å². The lowest BCUT2D eigenvalue weighted by Gasteiger charge is -2.24. The number of halogens is 4. The van der Waals surface area contributed by atoms with Crippen LogP contribution in [0.5, 0.6) is 34.5 Å². The van der Waals surface area contributed by atoms with Crippen molar-refractivity contribution in [3.05, 3.63) is 43.2 Å².